The lowest BCUT2D eigenvalue weighted by Gasteiger charge is -2.31. The van der Waals surface area contributed by atoms with Crippen molar-refractivity contribution in [3.05, 3.63) is 34.4 Å². The first kappa shape index (κ1) is 13.5. The van der Waals surface area contributed by atoms with E-state index in [0.29, 0.717) is 6.04 Å². The van der Waals surface area contributed by atoms with Gasteiger partial charge >= 0.3 is 0 Å². The van der Waals surface area contributed by atoms with E-state index in [1.807, 2.05) is 0 Å². The molecule has 1 aliphatic rings. The van der Waals surface area contributed by atoms with Gasteiger partial charge in [-0.2, -0.15) is 0 Å². The summed E-state index contributed by atoms with van der Waals surface area (Å²) in [5.74, 6) is 0. The molecule has 3 heteroatoms. The van der Waals surface area contributed by atoms with Crippen LogP contribution in [0.3, 0.4) is 0 Å². The zero-order valence-corrected chi connectivity index (χ0v) is 11.9. The van der Waals surface area contributed by atoms with Gasteiger partial charge in [-0.25, -0.2) is 10.4 Å². The zero-order valence-electron chi connectivity index (χ0n) is 11.9. The molecule has 3 nitrogen and oxygen atoms in total. The van der Waals surface area contributed by atoms with Gasteiger partial charge in [0, 0.05) is 19.1 Å². The summed E-state index contributed by atoms with van der Waals surface area (Å²) in [5, 5.41) is 2.27. The minimum Gasteiger partial charge on any atom is -0.379 e. The molecule has 0 saturated carbocycles. The summed E-state index contributed by atoms with van der Waals surface area (Å²) in [6.45, 7) is 12.4. The fourth-order valence-electron chi connectivity index (χ4n) is 2.91. The molecular weight excluding hydrogens is 224 g/mol. The number of hydrogen-bond acceptors (Lipinski definition) is 3. The van der Waals surface area contributed by atoms with E-state index >= 15 is 0 Å². The molecule has 0 aliphatic carbocycles. The molecule has 1 saturated heterocycles. The van der Waals surface area contributed by atoms with Gasteiger partial charge in [-0.3, -0.25) is 0 Å². The highest BCUT2D eigenvalue weighted by Crippen LogP contribution is 2.23. The Labute approximate surface area is 110 Å². The smallest absolute Gasteiger partial charge is 0.0608 e. The second kappa shape index (κ2) is 5.83. The molecule has 1 unspecified atom stereocenters. The van der Waals surface area contributed by atoms with Crippen molar-refractivity contribution in [2.45, 2.75) is 33.7 Å². The average molecular weight is 248 g/mol. The molecule has 100 valence electrons. The van der Waals surface area contributed by atoms with Crippen LogP contribution in [0.1, 0.15) is 35.2 Å². The lowest BCUT2D eigenvalue weighted by Crippen LogP contribution is -2.46. The van der Waals surface area contributed by atoms with Crippen molar-refractivity contribution in [1.29, 1.82) is 0 Å². The number of hydrogen-bond donors (Lipinski definition) is 1. The highest BCUT2D eigenvalue weighted by molar-refractivity contribution is 5.39. The quantitative estimate of drug-likeness (QED) is 0.889. The van der Waals surface area contributed by atoms with Gasteiger partial charge in [0.05, 0.1) is 13.2 Å². The monoisotopic (exact) mass is 248 g/mol. The third-order valence-electron chi connectivity index (χ3n) is 3.56. The van der Waals surface area contributed by atoms with Crippen molar-refractivity contribution in [2.75, 3.05) is 26.3 Å². The van der Waals surface area contributed by atoms with Crippen LogP contribution in [-0.4, -0.2) is 31.3 Å². The molecule has 2 rings (SSSR count). The van der Waals surface area contributed by atoms with Crippen molar-refractivity contribution in [2.24, 2.45) is 0 Å². The van der Waals surface area contributed by atoms with Gasteiger partial charge in [-0.15, -0.1) is 0 Å². The standard InChI is InChI=1S/C15H24N2O/c1-11-9-12(2)15(13(3)10-11)14(4)16-17-5-7-18-8-6-17/h9-10,14,16H,5-8H2,1-4H3. The number of aryl methyl sites for hydroxylation is 3. The van der Waals surface area contributed by atoms with Crippen LogP contribution in [0, 0.1) is 20.8 Å². The Morgan fingerprint density at radius 3 is 2.22 bits per heavy atom. The predicted octanol–water partition coefficient (Wildman–Crippen LogP) is 2.51. The van der Waals surface area contributed by atoms with Crippen molar-refractivity contribution in [3.8, 4) is 0 Å². The molecule has 1 atom stereocenters. The first-order valence-electron chi connectivity index (χ1n) is 6.74. The van der Waals surface area contributed by atoms with Crippen LogP contribution in [0.25, 0.3) is 0 Å². The molecule has 1 N–H and O–H groups in total. The zero-order chi connectivity index (χ0) is 13.1. The molecule has 0 amide bonds. The molecule has 1 fully saturated rings. The maximum Gasteiger partial charge on any atom is 0.0608 e. The van der Waals surface area contributed by atoms with Gasteiger partial charge in [0.15, 0.2) is 0 Å². The van der Waals surface area contributed by atoms with E-state index in [9.17, 15) is 0 Å². The maximum atomic E-state index is 5.37. The Morgan fingerprint density at radius 2 is 1.67 bits per heavy atom. The van der Waals surface area contributed by atoms with Gasteiger partial charge in [0.2, 0.25) is 0 Å². The molecule has 1 aromatic rings. The van der Waals surface area contributed by atoms with Gasteiger partial charge in [0.25, 0.3) is 0 Å². The fourth-order valence-corrected chi connectivity index (χ4v) is 2.91. The summed E-state index contributed by atoms with van der Waals surface area (Å²) < 4.78 is 5.37. The molecule has 1 aliphatic heterocycles. The molecule has 0 radical (unpaired) electrons. The summed E-state index contributed by atoms with van der Waals surface area (Å²) >= 11 is 0. The van der Waals surface area contributed by atoms with Crippen molar-refractivity contribution < 1.29 is 4.74 Å². The second-order valence-electron chi connectivity index (χ2n) is 5.26. The van der Waals surface area contributed by atoms with E-state index in [1.165, 1.54) is 22.3 Å². The van der Waals surface area contributed by atoms with Crippen LogP contribution in [0.5, 0.6) is 0 Å². The van der Waals surface area contributed by atoms with Crippen molar-refractivity contribution >= 4 is 0 Å². The van der Waals surface area contributed by atoms with Gasteiger partial charge < -0.3 is 4.74 Å². The number of benzene rings is 1. The molecular formula is C15H24N2O. The summed E-state index contributed by atoms with van der Waals surface area (Å²) in [5.41, 5.74) is 9.10. The molecule has 0 aromatic heterocycles. The SMILES string of the molecule is Cc1cc(C)c(C(C)NN2CCOCC2)c(C)c1. The Hall–Kier alpha value is -0.900. The van der Waals surface area contributed by atoms with Crippen LogP contribution >= 0.6 is 0 Å². The molecule has 0 bridgehead atoms. The van der Waals surface area contributed by atoms with Crippen molar-refractivity contribution in [3.63, 3.8) is 0 Å². The van der Waals surface area contributed by atoms with Crippen LogP contribution < -0.4 is 5.43 Å². The van der Waals surface area contributed by atoms with Crippen molar-refractivity contribution in [1.82, 2.24) is 10.4 Å². The average Bonchev–Trinajstić information content (AvgIpc) is 2.28. The van der Waals surface area contributed by atoms with E-state index in [4.69, 9.17) is 4.74 Å². The van der Waals surface area contributed by atoms with E-state index in [1.54, 1.807) is 0 Å². The molecule has 1 heterocycles. The van der Waals surface area contributed by atoms with E-state index in [0.717, 1.165) is 26.3 Å². The topological polar surface area (TPSA) is 24.5 Å². The van der Waals surface area contributed by atoms with Gasteiger partial charge in [0.1, 0.15) is 0 Å². The third kappa shape index (κ3) is 3.10. The van der Waals surface area contributed by atoms with E-state index in [2.05, 4.69) is 50.3 Å². The number of morpholine rings is 1. The lowest BCUT2D eigenvalue weighted by atomic mass is 9.95. The number of hydrazine groups is 1. The summed E-state index contributed by atoms with van der Waals surface area (Å²) in [4.78, 5) is 0. The summed E-state index contributed by atoms with van der Waals surface area (Å²) in [7, 11) is 0. The minimum absolute atomic E-state index is 0.351. The number of rotatable bonds is 3. The fraction of sp³-hybridized carbons (Fsp3) is 0.600. The van der Waals surface area contributed by atoms with Gasteiger partial charge in [-0.05, 0) is 44.4 Å². The number of nitrogens with zero attached hydrogens (tertiary/aromatic N) is 1. The van der Waals surface area contributed by atoms with Crippen LogP contribution in [-0.2, 0) is 4.74 Å². The third-order valence-corrected chi connectivity index (χ3v) is 3.56. The minimum atomic E-state index is 0.351. The van der Waals surface area contributed by atoms with Crippen LogP contribution in [0.2, 0.25) is 0 Å². The number of ether oxygens (including phenoxy) is 1. The highest BCUT2D eigenvalue weighted by atomic mass is 16.5. The predicted molar refractivity (Wildman–Crippen MR) is 74.6 cm³/mol. The van der Waals surface area contributed by atoms with E-state index < -0.39 is 0 Å². The first-order chi connectivity index (χ1) is 8.58. The highest BCUT2D eigenvalue weighted by Gasteiger charge is 2.16. The van der Waals surface area contributed by atoms with E-state index in [-0.39, 0.29) is 0 Å². The normalized spacial score (nSPS) is 18.9. The largest absolute Gasteiger partial charge is 0.379 e. The van der Waals surface area contributed by atoms with Gasteiger partial charge in [-0.1, -0.05) is 17.7 Å². The Balaban J connectivity index is 2.10. The Bertz CT molecular complexity index is 388. The lowest BCUT2D eigenvalue weighted by molar-refractivity contribution is 0.00476. The second-order valence-corrected chi connectivity index (χ2v) is 5.26. The Kier molecular flexibility index (Phi) is 4.38. The van der Waals surface area contributed by atoms with Crippen LogP contribution in [0.4, 0.5) is 0 Å². The molecule has 0 spiro atoms. The van der Waals surface area contributed by atoms with Crippen LogP contribution in [0.15, 0.2) is 12.1 Å². The Morgan fingerprint density at radius 1 is 1.11 bits per heavy atom. The molecule has 1 aromatic carbocycles. The number of nitrogens with one attached hydrogen (secondary N) is 1. The summed E-state index contributed by atoms with van der Waals surface area (Å²) in [6, 6.07) is 4.88. The molecule has 18 heavy (non-hydrogen) atoms. The first-order valence-corrected chi connectivity index (χ1v) is 6.74. The summed E-state index contributed by atoms with van der Waals surface area (Å²) in [6.07, 6.45) is 0. The maximum absolute atomic E-state index is 5.37.